The van der Waals surface area contributed by atoms with Crippen molar-refractivity contribution < 1.29 is 4.74 Å². The molecule has 0 spiro atoms. The van der Waals surface area contributed by atoms with Crippen molar-refractivity contribution in [3.8, 4) is 0 Å². The second-order valence-corrected chi connectivity index (χ2v) is 6.56. The van der Waals surface area contributed by atoms with Crippen molar-refractivity contribution in [2.24, 2.45) is 0 Å². The molecule has 2 unspecified atom stereocenters. The number of rotatable bonds is 6. The van der Waals surface area contributed by atoms with Gasteiger partial charge < -0.3 is 15.0 Å². The Morgan fingerprint density at radius 1 is 1.38 bits per heavy atom. The maximum atomic E-state index is 6.05. The molecule has 2 atom stereocenters. The van der Waals surface area contributed by atoms with Gasteiger partial charge in [0.05, 0.1) is 30.6 Å². The number of nitrogens with one attached hydrogen (secondary N) is 1. The van der Waals surface area contributed by atoms with Gasteiger partial charge >= 0.3 is 0 Å². The number of ether oxygens (including phenoxy) is 1. The predicted octanol–water partition coefficient (Wildman–Crippen LogP) is 2.11. The average molecular weight is 350 g/mol. The molecule has 3 rings (SSSR count). The van der Waals surface area contributed by atoms with E-state index in [2.05, 4.69) is 46.6 Å². The first-order valence-electron chi connectivity index (χ1n) is 8.33. The van der Waals surface area contributed by atoms with Crippen LogP contribution < -0.4 is 5.32 Å². The average Bonchev–Trinajstić information content (AvgIpc) is 3.04. The third kappa shape index (κ3) is 4.13. The summed E-state index contributed by atoms with van der Waals surface area (Å²) in [5.41, 5.74) is 2.25. The van der Waals surface area contributed by atoms with E-state index >= 15 is 0 Å². The van der Waals surface area contributed by atoms with Crippen molar-refractivity contribution >= 4 is 11.6 Å². The molecule has 1 fully saturated rings. The van der Waals surface area contributed by atoms with E-state index in [-0.39, 0.29) is 12.1 Å². The molecule has 2 aromatic rings. The Balaban J connectivity index is 1.77. The van der Waals surface area contributed by atoms with Gasteiger partial charge in [-0.1, -0.05) is 28.9 Å². The lowest BCUT2D eigenvalue weighted by Crippen LogP contribution is -2.46. The molecular formula is C17H24ClN5O. The van der Waals surface area contributed by atoms with Gasteiger partial charge in [0.25, 0.3) is 0 Å². The summed E-state index contributed by atoms with van der Waals surface area (Å²) in [5.74, 6) is 0. The Morgan fingerprint density at radius 3 is 2.88 bits per heavy atom. The lowest BCUT2D eigenvalue weighted by molar-refractivity contribution is -0.0397. The molecule has 0 amide bonds. The molecule has 1 aliphatic heterocycles. The van der Waals surface area contributed by atoms with Crippen LogP contribution in [0.2, 0.25) is 5.02 Å². The van der Waals surface area contributed by atoms with Gasteiger partial charge in [0.15, 0.2) is 0 Å². The van der Waals surface area contributed by atoms with Crippen LogP contribution in [-0.4, -0.2) is 52.7 Å². The fourth-order valence-electron chi connectivity index (χ4n) is 3.04. The van der Waals surface area contributed by atoms with Crippen LogP contribution in [-0.2, 0) is 17.8 Å². The summed E-state index contributed by atoms with van der Waals surface area (Å²) in [4.78, 5) is 2.30. The zero-order valence-corrected chi connectivity index (χ0v) is 14.9. The third-order valence-electron chi connectivity index (χ3n) is 4.40. The van der Waals surface area contributed by atoms with Crippen LogP contribution in [0.5, 0.6) is 0 Å². The largest absolute Gasteiger partial charge is 0.374 e. The van der Waals surface area contributed by atoms with Gasteiger partial charge in [-0.25, -0.2) is 4.68 Å². The van der Waals surface area contributed by atoms with Gasteiger partial charge in [0.2, 0.25) is 0 Å². The van der Waals surface area contributed by atoms with E-state index in [1.165, 1.54) is 5.56 Å². The number of nitrogens with zero attached hydrogens (tertiary/aromatic N) is 4. The number of halogens is 1. The van der Waals surface area contributed by atoms with Crippen LogP contribution in [0.3, 0.4) is 0 Å². The molecule has 2 heterocycles. The molecule has 0 radical (unpaired) electrons. The summed E-state index contributed by atoms with van der Waals surface area (Å²) < 4.78 is 7.95. The van der Waals surface area contributed by atoms with Crippen LogP contribution in [0.4, 0.5) is 0 Å². The molecule has 0 saturated carbocycles. The molecule has 6 nitrogen and oxygen atoms in total. The summed E-state index contributed by atoms with van der Waals surface area (Å²) in [5, 5.41) is 12.5. The Bertz CT molecular complexity index is 645. The second-order valence-electron chi connectivity index (χ2n) is 6.12. The summed E-state index contributed by atoms with van der Waals surface area (Å²) >= 11 is 6.04. The van der Waals surface area contributed by atoms with Crippen molar-refractivity contribution in [2.45, 2.75) is 32.2 Å². The molecule has 0 bridgehead atoms. The van der Waals surface area contributed by atoms with Gasteiger partial charge in [-0.3, -0.25) is 0 Å². The van der Waals surface area contributed by atoms with Crippen LogP contribution in [0, 0.1) is 0 Å². The Labute approximate surface area is 147 Å². The zero-order valence-electron chi connectivity index (χ0n) is 14.2. The highest BCUT2D eigenvalue weighted by Gasteiger charge is 2.28. The standard InChI is InChI=1S/C17H24ClN5O/c1-3-23-15(11-20-21-23)10-19-17(13-4-6-14(18)7-5-13)16-12-22(2)8-9-24-16/h4-7,11,16-17,19H,3,8-10,12H2,1-2H3. The number of hydrogen-bond donors (Lipinski definition) is 1. The Morgan fingerprint density at radius 2 is 2.17 bits per heavy atom. The number of morpholine rings is 1. The van der Waals surface area contributed by atoms with Crippen LogP contribution in [0.25, 0.3) is 0 Å². The number of aryl methyl sites for hydroxylation is 1. The predicted molar refractivity (Wildman–Crippen MR) is 94.0 cm³/mol. The highest BCUT2D eigenvalue weighted by molar-refractivity contribution is 6.30. The van der Waals surface area contributed by atoms with E-state index in [1.807, 2.05) is 23.0 Å². The smallest absolute Gasteiger partial charge is 0.0896 e. The van der Waals surface area contributed by atoms with Crippen molar-refractivity contribution in [2.75, 3.05) is 26.7 Å². The molecule has 0 aliphatic carbocycles. The van der Waals surface area contributed by atoms with Gasteiger partial charge in [0.1, 0.15) is 0 Å². The third-order valence-corrected chi connectivity index (χ3v) is 4.65. The molecule has 1 N–H and O–H groups in total. The Kier molecular flexibility index (Phi) is 5.84. The van der Waals surface area contributed by atoms with E-state index in [0.29, 0.717) is 6.54 Å². The molecule has 7 heteroatoms. The maximum absolute atomic E-state index is 6.05. The van der Waals surface area contributed by atoms with Crippen molar-refractivity contribution in [1.29, 1.82) is 0 Å². The second kappa shape index (κ2) is 8.07. The van der Waals surface area contributed by atoms with Gasteiger partial charge in [0, 0.05) is 31.2 Å². The lowest BCUT2D eigenvalue weighted by atomic mass is 10.00. The molecule has 1 saturated heterocycles. The van der Waals surface area contributed by atoms with Crippen molar-refractivity contribution in [3.63, 3.8) is 0 Å². The summed E-state index contributed by atoms with van der Waals surface area (Å²) in [6, 6.07) is 8.07. The maximum Gasteiger partial charge on any atom is 0.0896 e. The molecule has 1 aliphatic rings. The SMILES string of the molecule is CCn1nncc1CNC(c1ccc(Cl)cc1)C1CN(C)CCO1. The summed E-state index contributed by atoms with van der Waals surface area (Å²) in [6.07, 6.45) is 1.90. The first-order valence-corrected chi connectivity index (χ1v) is 8.71. The van der Waals surface area contributed by atoms with E-state index < -0.39 is 0 Å². The number of hydrogen-bond acceptors (Lipinski definition) is 5. The topological polar surface area (TPSA) is 55.2 Å². The van der Waals surface area contributed by atoms with E-state index in [0.717, 1.165) is 37.0 Å². The zero-order chi connectivity index (χ0) is 16.9. The van der Waals surface area contributed by atoms with E-state index in [1.54, 1.807) is 0 Å². The van der Waals surface area contributed by atoms with Crippen LogP contribution >= 0.6 is 11.6 Å². The fourth-order valence-corrected chi connectivity index (χ4v) is 3.17. The van der Waals surface area contributed by atoms with Gasteiger partial charge in [-0.05, 0) is 31.7 Å². The first-order chi connectivity index (χ1) is 11.7. The quantitative estimate of drug-likeness (QED) is 0.865. The number of benzene rings is 1. The van der Waals surface area contributed by atoms with Gasteiger partial charge in [-0.15, -0.1) is 5.10 Å². The highest BCUT2D eigenvalue weighted by atomic mass is 35.5. The van der Waals surface area contributed by atoms with E-state index in [9.17, 15) is 0 Å². The Hall–Kier alpha value is -1.47. The van der Waals surface area contributed by atoms with Crippen molar-refractivity contribution in [3.05, 3.63) is 46.7 Å². The van der Waals surface area contributed by atoms with Crippen LogP contribution in [0.1, 0.15) is 24.2 Å². The highest BCUT2D eigenvalue weighted by Crippen LogP contribution is 2.24. The number of aromatic nitrogens is 3. The normalized spacial score (nSPS) is 20.2. The molecule has 1 aromatic carbocycles. The summed E-state index contributed by atoms with van der Waals surface area (Å²) in [6.45, 7) is 6.18. The molecule has 24 heavy (non-hydrogen) atoms. The summed E-state index contributed by atoms with van der Waals surface area (Å²) in [7, 11) is 2.13. The van der Waals surface area contributed by atoms with Crippen molar-refractivity contribution in [1.82, 2.24) is 25.2 Å². The first kappa shape index (κ1) is 17.4. The minimum atomic E-state index is 0.0882. The minimum Gasteiger partial charge on any atom is -0.374 e. The minimum absolute atomic E-state index is 0.0882. The fraction of sp³-hybridized carbons (Fsp3) is 0.529. The van der Waals surface area contributed by atoms with E-state index in [4.69, 9.17) is 16.3 Å². The monoisotopic (exact) mass is 349 g/mol. The molecular weight excluding hydrogens is 326 g/mol. The van der Waals surface area contributed by atoms with Crippen LogP contribution in [0.15, 0.2) is 30.5 Å². The molecule has 1 aromatic heterocycles. The number of likely N-dealkylation sites (N-methyl/N-ethyl adjacent to an activating group) is 1. The molecule has 130 valence electrons. The lowest BCUT2D eigenvalue weighted by Gasteiger charge is -2.36. The van der Waals surface area contributed by atoms with Gasteiger partial charge in [-0.2, -0.15) is 0 Å².